The summed E-state index contributed by atoms with van der Waals surface area (Å²) < 4.78 is 13.3. The van der Waals surface area contributed by atoms with Crippen LogP contribution in [-0.2, 0) is 0 Å². The van der Waals surface area contributed by atoms with Crippen LogP contribution in [0.3, 0.4) is 0 Å². The highest BCUT2D eigenvalue weighted by molar-refractivity contribution is 9.10. The minimum absolute atomic E-state index is 0.0260. The monoisotopic (exact) mass is 550 g/mol. The molecule has 2 heterocycles. The highest BCUT2D eigenvalue weighted by atomic mass is 79.9. The maximum absolute atomic E-state index is 11.7. The third-order valence-electron chi connectivity index (χ3n) is 5.48. The molecule has 0 unspecified atom stereocenters. The Bertz CT molecular complexity index is 1540. The Hall–Kier alpha value is -3.76. The first-order valence-corrected chi connectivity index (χ1v) is 12.3. The van der Waals surface area contributed by atoms with Crippen LogP contribution in [0.4, 0.5) is 11.4 Å². The number of nitro benzene ring substituents is 1. The van der Waals surface area contributed by atoms with E-state index in [0.717, 1.165) is 32.5 Å². The van der Waals surface area contributed by atoms with Gasteiger partial charge in [-0.15, -0.1) is 11.3 Å². The molecule has 0 radical (unpaired) electrons. The van der Waals surface area contributed by atoms with E-state index in [2.05, 4.69) is 21.0 Å². The molecule has 0 fully saturated rings. The van der Waals surface area contributed by atoms with Crippen LogP contribution in [0.2, 0.25) is 0 Å². The molecular formula is C25H19BrN4O4S. The quantitative estimate of drug-likeness (QED) is 0.164. The predicted molar refractivity (Wildman–Crippen MR) is 139 cm³/mol. The molecule has 0 amide bonds. The van der Waals surface area contributed by atoms with Crippen LogP contribution in [0.1, 0.15) is 16.7 Å². The predicted octanol–water partition coefficient (Wildman–Crippen LogP) is 6.35. The minimum atomic E-state index is -0.460. The molecule has 5 rings (SSSR count). The van der Waals surface area contributed by atoms with Crippen LogP contribution in [0.5, 0.6) is 11.5 Å². The molecule has 10 heteroatoms. The number of thiazole rings is 1. The first-order valence-electron chi connectivity index (χ1n) is 10.6. The van der Waals surface area contributed by atoms with Gasteiger partial charge in [0.25, 0.3) is 5.69 Å². The van der Waals surface area contributed by atoms with E-state index in [1.807, 2.05) is 61.7 Å². The van der Waals surface area contributed by atoms with Gasteiger partial charge in [-0.2, -0.15) is 5.10 Å². The Morgan fingerprint density at radius 1 is 1.09 bits per heavy atom. The average Bonchev–Trinajstić information content (AvgIpc) is 3.45. The summed E-state index contributed by atoms with van der Waals surface area (Å²) >= 11 is 4.97. The Balaban J connectivity index is 1.69. The fourth-order valence-electron chi connectivity index (χ4n) is 3.74. The van der Waals surface area contributed by atoms with Gasteiger partial charge in [-0.05, 0) is 43.2 Å². The number of aryl methyl sites for hydroxylation is 2. The molecule has 1 aromatic heterocycles. The van der Waals surface area contributed by atoms with Gasteiger partial charge in [-0.3, -0.25) is 10.1 Å². The number of hydrogen-bond donors (Lipinski definition) is 0. The normalized spacial score (nSPS) is 13.1. The fraction of sp³-hybridized carbons (Fsp3) is 0.120. The standard InChI is InChI=1S/C25H19BrN4O4S/c1-15-5-3-6-16(2)24(15)28-25-29(21(13-35-25)17-7-4-8-19(26)9-17)27-12-18-10-22-23(34-14-33-22)11-20(18)30(31)32/h3-13H,14H2,1-2H3. The Morgan fingerprint density at radius 3 is 2.51 bits per heavy atom. The van der Waals surface area contributed by atoms with E-state index in [0.29, 0.717) is 21.9 Å². The van der Waals surface area contributed by atoms with Crippen molar-refractivity contribution in [3.63, 3.8) is 0 Å². The number of hydrogen-bond acceptors (Lipinski definition) is 7. The maximum atomic E-state index is 11.7. The first-order chi connectivity index (χ1) is 16.9. The highest BCUT2D eigenvalue weighted by Crippen LogP contribution is 2.37. The summed E-state index contributed by atoms with van der Waals surface area (Å²) in [6.07, 6.45) is 1.46. The summed E-state index contributed by atoms with van der Waals surface area (Å²) in [6, 6.07) is 16.8. The Morgan fingerprint density at radius 2 is 1.80 bits per heavy atom. The molecule has 0 saturated carbocycles. The largest absolute Gasteiger partial charge is 0.454 e. The number of halogens is 1. The van der Waals surface area contributed by atoms with Crippen molar-refractivity contribution in [3.8, 4) is 22.8 Å². The number of ether oxygens (including phenoxy) is 2. The number of aromatic nitrogens is 1. The molecule has 0 aliphatic carbocycles. The Labute approximate surface area is 213 Å². The second-order valence-corrected chi connectivity index (χ2v) is 9.60. The van der Waals surface area contributed by atoms with E-state index in [4.69, 9.17) is 14.5 Å². The lowest BCUT2D eigenvalue weighted by Gasteiger charge is -2.06. The second-order valence-electron chi connectivity index (χ2n) is 7.84. The molecular weight excluding hydrogens is 532 g/mol. The zero-order valence-electron chi connectivity index (χ0n) is 18.8. The zero-order chi connectivity index (χ0) is 24.5. The van der Waals surface area contributed by atoms with Gasteiger partial charge in [-0.1, -0.05) is 46.3 Å². The zero-order valence-corrected chi connectivity index (χ0v) is 21.2. The third kappa shape index (κ3) is 4.62. The van der Waals surface area contributed by atoms with Gasteiger partial charge >= 0.3 is 0 Å². The van der Waals surface area contributed by atoms with Gasteiger partial charge in [0, 0.05) is 15.4 Å². The average molecular weight is 551 g/mol. The summed E-state index contributed by atoms with van der Waals surface area (Å²) in [7, 11) is 0. The van der Waals surface area contributed by atoms with Crippen molar-refractivity contribution in [2.45, 2.75) is 13.8 Å². The minimum Gasteiger partial charge on any atom is -0.454 e. The number of nitro groups is 1. The second kappa shape index (κ2) is 9.47. The molecule has 1 aliphatic rings. The molecule has 176 valence electrons. The van der Waals surface area contributed by atoms with Crippen molar-refractivity contribution >= 4 is 44.9 Å². The molecule has 0 atom stereocenters. The summed E-state index contributed by atoms with van der Waals surface area (Å²) in [4.78, 5) is 16.8. The molecule has 4 aromatic rings. The summed E-state index contributed by atoms with van der Waals surface area (Å²) in [5.41, 5.74) is 4.88. The van der Waals surface area contributed by atoms with Crippen molar-refractivity contribution in [1.82, 2.24) is 4.68 Å². The maximum Gasteiger partial charge on any atom is 0.282 e. The molecule has 0 N–H and O–H groups in total. The molecule has 1 aliphatic heterocycles. The van der Waals surface area contributed by atoms with Gasteiger partial charge in [0.05, 0.1) is 34.1 Å². The van der Waals surface area contributed by atoms with E-state index in [-0.39, 0.29) is 12.5 Å². The van der Waals surface area contributed by atoms with Gasteiger partial charge in [-0.25, -0.2) is 9.67 Å². The van der Waals surface area contributed by atoms with Crippen LogP contribution in [0.15, 0.2) is 74.5 Å². The number of benzene rings is 3. The Kier molecular flexibility index (Phi) is 6.23. The van der Waals surface area contributed by atoms with Crippen LogP contribution in [0, 0.1) is 24.0 Å². The summed E-state index contributed by atoms with van der Waals surface area (Å²) in [5.74, 6) is 0.789. The van der Waals surface area contributed by atoms with Crippen molar-refractivity contribution < 1.29 is 14.4 Å². The third-order valence-corrected chi connectivity index (χ3v) is 6.79. The van der Waals surface area contributed by atoms with Gasteiger partial charge < -0.3 is 9.47 Å². The van der Waals surface area contributed by atoms with Crippen molar-refractivity contribution in [2.24, 2.45) is 10.1 Å². The lowest BCUT2D eigenvalue weighted by molar-refractivity contribution is -0.385. The fourth-order valence-corrected chi connectivity index (χ4v) is 4.98. The smallest absolute Gasteiger partial charge is 0.282 e. The highest BCUT2D eigenvalue weighted by Gasteiger charge is 2.22. The van der Waals surface area contributed by atoms with E-state index in [1.165, 1.54) is 23.6 Å². The first kappa shape index (κ1) is 23.0. The SMILES string of the molecule is Cc1cccc(C)c1N=c1scc(-c2cccc(Br)c2)n1N=Cc1cc2c(cc1[N+](=O)[O-])OCO2. The topological polar surface area (TPSA) is 91.2 Å². The number of para-hydroxylation sites is 1. The summed E-state index contributed by atoms with van der Waals surface area (Å²) in [6.45, 7) is 4.05. The van der Waals surface area contributed by atoms with Gasteiger partial charge in [0.1, 0.15) is 0 Å². The number of rotatable bonds is 5. The van der Waals surface area contributed by atoms with Crippen LogP contribution < -0.4 is 14.3 Å². The molecule has 35 heavy (non-hydrogen) atoms. The molecule has 0 spiro atoms. The molecule has 3 aromatic carbocycles. The molecule has 8 nitrogen and oxygen atoms in total. The van der Waals surface area contributed by atoms with Crippen LogP contribution >= 0.6 is 27.3 Å². The molecule has 0 saturated heterocycles. The lowest BCUT2D eigenvalue weighted by Crippen LogP contribution is -2.12. The number of fused-ring (bicyclic) bond motifs is 1. The van der Waals surface area contributed by atoms with Crippen LogP contribution in [-0.4, -0.2) is 22.6 Å². The van der Waals surface area contributed by atoms with E-state index in [1.54, 1.807) is 10.7 Å². The van der Waals surface area contributed by atoms with Crippen molar-refractivity contribution in [3.05, 3.63) is 96.1 Å². The van der Waals surface area contributed by atoms with E-state index < -0.39 is 4.92 Å². The van der Waals surface area contributed by atoms with Gasteiger partial charge in [0.2, 0.25) is 11.6 Å². The van der Waals surface area contributed by atoms with Crippen molar-refractivity contribution in [1.29, 1.82) is 0 Å². The molecule has 0 bridgehead atoms. The van der Waals surface area contributed by atoms with E-state index >= 15 is 0 Å². The lowest BCUT2D eigenvalue weighted by atomic mass is 10.1. The number of nitrogens with zero attached hydrogens (tertiary/aromatic N) is 4. The van der Waals surface area contributed by atoms with Gasteiger partial charge in [0.15, 0.2) is 11.5 Å². The van der Waals surface area contributed by atoms with Crippen LogP contribution in [0.25, 0.3) is 11.3 Å². The van der Waals surface area contributed by atoms with Crippen molar-refractivity contribution in [2.75, 3.05) is 6.79 Å². The summed E-state index contributed by atoms with van der Waals surface area (Å²) in [5, 5.41) is 18.3. The van der Waals surface area contributed by atoms with E-state index in [9.17, 15) is 10.1 Å².